The maximum Gasteiger partial charge on any atom is 0.252 e. The van der Waals surface area contributed by atoms with Crippen LogP contribution < -0.4 is 26.2 Å². The lowest BCUT2D eigenvalue weighted by atomic mass is 9.33. The third kappa shape index (κ3) is 6.07. The Labute approximate surface area is 333 Å². The lowest BCUT2D eigenvalue weighted by Crippen LogP contribution is -2.61. The van der Waals surface area contributed by atoms with Gasteiger partial charge in [-0.15, -0.1) is 0 Å². The molecule has 0 amide bonds. The van der Waals surface area contributed by atoms with Crippen molar-refractivity contribution < 1.29 is 0 Å². The molecule has 0 unspecified atom stereocenters. The van der Waals surface area contributed by atoms with E-state index in [1.165, 1.54) is 102 Å². The monoisotopic (exact) mass is 727 g/mol. The van der Waals surface area contributed by atoms with E-state index < -0.39 is 0 Å². The average Bonchev–Trinajstić information content (AvgIpc) is 3.08. The maximum atomic E-state index is 2.65. The molecule has 1 aliphatic carbocycles. The summed E-state index contributed by atoms with van der Waals surface area (Å²) >= 11 is 0. The third-order valence-electron chi connectivity index (χ3n) is 13.3. The van der Waals surface area contributed by atoms with E-state index in [4.69, 9.17) is 0 Å². The first-order valence-electron chi connectivity index (χ1n) is 20.8. The van der Waals surface area contributed by atoms with Crippen molar-refractivity contribution in [3.8, 4) is 0 Å². The van der Waals surface area contributed by atoms with Crippen LogP contribution in [0, 0.1) is 13.8 Å². The van der Waals surface area contributed by atoms with Crippen molar-refractivity contribution in [2.75, 3.05) is 9.80 Å². The van der Waals surface area contributed by atoms with Crippen LogP contribution in [0.2, 0.25) is 0 Å². The molecule has 55 heavy (non-hydrogen) atoms. The van der Waals surface area contributed by atoms with Gasteiger partial charge < -0.3 is 9.80 Å². The summed E-state index contributed by atoms with van der Waals surface area (Å²) in [7, 11) is 0. The Hall–Kier alpha value is -4.24. The number of nitrogens with zero attached hydrogens (tertiary/aromatic N) is 2. The Balaban J connectivity index is 1.48. The zero-order valence-corrected chi connectivity index (χ0v) is 36.5. The van der Waals surface area contributed by atoms with Crippen LogP contribution in [0.15, 0.2) is 84.9 Å². The van der Waals surface area contributed by atoms with Crippen molar-refractivity contribution >= 4 is 57.2 Å². The van der Waals surface area contributed by atoms with Gasteiger partial charge in [0.1, 0.15) is 0 Å². The van der Waals surface area contributed by atoms with Gasteiger partial charge in [0, 0.05) is 34.1 Å². The molecular weight excluding hydrogens is 663 g/mol. The summed E-state index contributed by atoms with van der Waals surface area (Å²) in [5.41, 5.74) is 22.0. The lowest BCUT2D eigenvalue weighted by molar-refractivity contribution is 0.332. The van der Waals surface area contributed by atoms with Crippen molar-refractivity contribution in [3.63, 3.8) is 0 Å². The molecule has 5 aromatic rings. The zero-order chi connectivity index (χ0) is 39.8. The number of fused-ring (bicyclic) bond motifs is 5. The van der Waals surface area contributed by atoms with Crippen molar-refractivity contribution in [3.05, 3.63) is 124 Å². The predicted octanol–water partition coefficient (Wildman–Crippen LogP) is 12.6. The molecule has 0 N–H and O–H groups in total. The van der Waals surface area contributed by atoms with Crippen LogP contribution in [0.25, 0.3) is 0 Å². The molecule has 2 heterocycles. The molecule has 5 aromatic carbocycles. The average molecular weight is 727 g/mol. The molecule has 0 bridgehead atoms. The second-order valence-corrected chi connectivity index (χ2v) is 21.6. The maximum absolute atomic E-state index is 2.65. The highest BCUT2D eigenvalue weighted by Crippen LogP contribution is 2.51. The highest BCUT2D eigenvalue weighted by Gasteiger charge is 2.45. The number of aryl methyl sites for hydroxylation is 2. The minimum absolute atomic E-state index is 0.0131. The van der Waals surface area contributed by atoms with Crippen LogP contribution in [-0.2, 0) is 27.1 Å². The molecule has 0 saturated heterocycles. The minimum atomic E-state index is 0.0131. The highest BCUT2D eigenvalue weighted by molar-refractivity contribution is 7.00. The number of hydrogen-bond donors (Lipinski definition) is 0. The first-order valence-corrected chi connectivity index (χ1v) is 20.8. The summed E-state index contributed by atoms with van der Waals surface area (Å²) in [6, 6.07) is 34.1. The van der Waals surface area contributed by atoms with Crippen molar-refractivity contribution in [2.24, 2.45) is 0 Å². The van der Waals surface area contributed by atoms with Gasteiger partial charge in [0.05, 0.1) is 0 Å². The number of hydrogen-bond acceptors (Lipinski definition) is 2. The number of rotatable bonds is 2. The van der Waals surface area contributed by atoms with Gasteiger partial charge in [-0.05, 0) is 152 Å². The Morgan fingerprint density at radius 1 is 0.473 bits per heavy atom. The fourth-order valence-electron chi connectivity index (χ4n) is 9.68. The molecule has 2 aliphatic heterocycles. The summed E-state index contributed by atoms with van der Waals surface area (Å²) < 4.78 is 0. The van der Waals surface area contributed by atoms with Crippen LogP contribution >= 0.6 is 0 Å². The second kappa shape index (κ2) is 12.1. The van der Waals surface area contributed by atoms with Crippen LogP contribution in [0.4, 0.5) is 34.1 Å². The van der Waals surface area contributed by atoms with Gasteiger partial charge in [0.2, 0.25) is 0 Å². The molecule has 0 saturated carbocycles. The Kier molecular flexibility index (Phi) is 8.31. The Morgan fingerprint density at radius 3 is 1.40 bits per heavy atom. The zero-order valence-electron chi connectivity index (χ0n) is 36.5. The van der Waals surface area contributed by atoms with Crippen LogP contribution in [-0.4, -0.2) is 6.71 Å². The summed E-state index contributed by atoms with van der Waals surface area (Å²) in [5, 5.41) is 0. The van der Waals surface area contributed by atoms with Gasteiger partial charge in [0.15, 0.2) is 0 Å². The van der Waals surface area contributed by atoms with Crippen molar-refractivity contribution in [2.45, 2.75) is 144 Å². The van der Waals surface area contributed by atoms with Crippen LogP contribution in [0.5, 0.6) is 0 Å². The predicted molar refractivity (Wildman–Crippen MR) is 241 cm³/mol. The summed E-state index contributed by atoms with van der Waals surface area (Å²) in [6.45, 7) is 35.5. The molecule has 0 radical (unpaired) electrons. The molecule has 0 aromatic heterocycles. The summed E-state index contributed by atoms with van der Waals surface area (Å²) in [6.07, 6.45) is 2.41. The van der Waals surface area contributed by atoms with Gasteiger partial charge in [-0.25, -0.2) is 0 Å². The molecular formula is C52H63BN2. The van der Waals surface area contributed by atoms with E-state index in [0.717, 1.165) is 0 Å². The van der Waals surface area contributed by atoms with E-state index in [-0.39, 0.29) is 33.8 Å². The van der Waals surface area contributed by atoms with Crippen LogP contribution in [0.3, 0.4) is 0 Å². The molecule has 8 rings (SSSR count). The fraction of sp³-hybridized carbons (Fsp3) is 0.423. The standard InChI is InChI=1S/C52H63BN2/c1-32-26-45-47-46(27-32)55(44-31-39-38(28-33(44)2)51(12,13)24-25-52(39,14)15)43-23-19-36(50(9,10)11)30-41(43)53(47)40-29-35(49(6,7)8)18-22-42(40)54(45)37-20-16-34(17-21-37)48(3,4)5/h16-23,26-31H,24-25H2,1-15H3. The van der Waals surface area contributed by atoms with Crippen LogP contribution in [0.1, 0.15) is 142 Å². The van der Waals surface area contributed by atoms with Crippen molar-refractivity contribution in [1.29, 1.82) is 0 Å². The Morgan fingerprint density at radius 2 is 0.909 bits per heavy atom. The second-order valence-electron chi connectivity index (χ2n) is 21.6. The summed E-state index contributed by atoms with van der Waals surface area (Å²) in [5.74, 6) is 0. The topological polar surface area (TPSA) is 6.48 Å². The normalized spacial score (nSPS) is 17.0. The van der Waals surface area contributed by atoms with E-state index >= 15 is 0 Å². The first kappa shape index (κ1) is 37.7. The van der Waals surface area contributed by atoms with Gasteiger partial charge in [-0.2, -0.15) is 0 Å². The van der Waals surface area contributed by atoms with Gasteiger partial charge in [-0.1, -0.05) is 132 Å². The summed E-state index contributed by atoms with van der Waals surface area (Å²) in [4.78, 5) is 5.22. The van der Waals surface area contributed by atoms with E-state index in [2.05, 4.69) is 199 Å². The molecule has 0 atom stereocenters. The number of anilines is 6. The van der Waals surface area contributed by atoms with E-state index in [9.17, 15) is 0 Å². The largest absolute Gasteiger partial charge is 0.311 e. The van der Waals surface area contributed by atoms with Gasteiger partial charge >= 0.3 is 0 Å². The highest BCUT2D eigenvalue weighted by atomic mass is 15.2. The quantitative estimate of drug-likeness (QED) is 0.164. The third-order valence-corrected chi connectivity index (χ3v) is 13.3. The molecule has 3 aliphatic rings. The van der Waals surface area contributed by atoms with Gasteiger partial charge in [-0.3, -0.25) is 0 Å². The smallest absolute Gasteiger partial charge is 0.252 e. The molecule has 2 nitrogen and oxygen atoms in total. The SMILES string of the molecule is Cc1cc2c3c(c1)N(c1cc4c(cc1C)C(C)(C)CCC4(C)C)c1ccc(C(C)(C)C)cc1B3c1cc(C(C)(C)C)ccc1N2c1ccc(C(C)(C)C)cc1. The van der Waals surface area contributed by atoms with Gasteiger partial charge in [0.25, 0.3) is 6.71 Å². The Bertz CT molecular complexity index is 2350. The van der Waals surface area contributed by atoms with Crippen molar-refractivity contribution in [1.82, 2.24) is 0 Å². The van der Waals surface area contributed by atoms with E-state index in [0.29, 0.717) is 0 Å². The first-order chi connectivity index (χ1) is 25.5. The lowest BCUT2D eigenvalue weighted by Gasteiger charge is -2.46. The minimum Gasteiger partial charge on any atom is -0.311 e. The molecule has 0 fully saturated rings. The fourth-order valence-corrected chi connectivity index (χ4v) is 9.68. The van der Waals surface area contributed by atoms with E-state index in [1.807, 2.05) is 0 Å². The molecule has 284 valence electrons. The number of benzene rings is 5. The molecule has 0 spiro atoms. The molecule has 3 heteroatoms. The van der Waals surface area contributed by atoms with E-state index in [1.54, 1.807) is 0 Å².